The molecule has 2 aliphatic heterocycles. The number of hydrogen-bond donors (Lipinski definition) is 0. The van der Waals surface area contributed by atoms with Crippen LogP contribution in [0.1, 0.15) is 59.4 Å². The van der Waals surface area contributed by atoms with Crippen molar-refractivity contribution in [2.45, 2.75) is 37.2 Å². The molecule has 2 aromatic heterocycles. The first kappa shape index (κ1) is 26.7. The van der Waals surface area contributed by atoms with E-state index in [9.17, 15) is 0 Å². The second-order valence-corrected chi connectivity index (χ2v) is 12.6. The zero-order valence-corrected chi connectivity index (χ0v) is 24.1. The van der Waals surface area contributed by atoms with Crippen LogP contribution in [0.4, 0.5) is 0 Å². The van der Waals surface area contributed by atoms with Crippen molar-refractivity contribution in [3.63, 3.8) is 0 Å². The predicted molar refractivity (Wildman–Crippen MR) is 145 cm³/mol. The standard InChI is InChI=1S/C29H26N4O.2ClH.Zr/c1-3-9-20(10-4-1)24-15-16-25(32-24)22-13-7-17-30-27(22)28-23(14-8-18-31-28)29-33-26(19-34-29)21-11-5-2-6-12-21;;;/h1-14,17-18,24-26,29H,15-16,19H2;2*1H;/q-2;;;+4/p-2. The Balaban J connectivity index is 0.000000892. The van der Waals surface area contributed by atoms with Crippen molar-refractivity contribution in [1.29, 1.82) is 0 Å². The summed E-state index contributed by atoms with van der Waals surface area (Å²) in [6, 6.07) is 29.4. The van der Waals surface area contributed by atoms with Crippen LogP contribution in [0.5, 0.6) is 0 Å². The molecular weight excluding hydrogens is 582 g/mol. The fraction of sp³-hybridized carbons (Fsp3) is 0.241. The zero-order valence-electron chi connectivity index (χ0n) is 20.1. The van der Waals surface area contributed by atoms with Crippen LogP contribution in [0.25, 0.3) is 22.0 Å². The minimum absolute atomic E-state index is 0.0268. The van der Waals surface area contributed by atoms with E-state index >= 15 is 0 Å². The summed E-state index contributed by atoms with van der Waals surface area (Å²) in [7, 11) is 9.87. The predicted octanol–water partition coefficient (Wildman–Crippen LogP) is 8.61. The molecule has 2 saturated heterocycles. The van der Waals surface area contributed by atoms with Gasteiger partial charge in [0.1, 0.15) is 0 Å². The zero-order chi connectivity index (χ0) is 25.5. The second kappa shape index (κ2) is 13.2. The molecule has 4 aromatic rings. The van der Waals surface area contributed by atoms with Crippen molar-refractivity contribution in [2.75, 3.05) is 6.61 Å². The molecule has 2 fully saturated rings. The first-order valence-electron chi connectivity index (χ1n) is 12.3. The van der Waals surface area contributed by atoms with Gasteiger partial charge in [0.05, 0.1) is 11.4 Å². The Morgan fingerprint density at radius 3 is 1.84 bits per heavy atom. The summed E-state index contributed by atoms with van der Waals surface area (Å²) >= 11 is -0.826. The van der Waals surface area contributed by atoms with Gasteiger partial charge in [0.25, 0.3) is 0 Å². The Labute approximate surface area is 236 Å². The SMILES string of the molecule is [Cl][Zr+2][Cl].c1ccc(C2CCC(c3cccnc3-c3ncccc3C3[N-]C(c4ccccc4)CO3)[N-]2)cc1. The summed E-state index contributed by atoms with van der Waals surface area (Å²) in [5.41, 5.74) is 6.24. The minimum Gasteiger partial charge on any atom is -0.649 e. The number of halogens is 2. The maximum Gasteiger partial charge on any atom is 0.0928 e. The van der Waals surface area contributed by atoms with Crippen LogP contribution in [-0.2, 0) is 25.6 Å². The van der Waals surface area contributed by atoms with Crippen LogP contribution in [0.3, 0.4) is 0 Å². The summed E-state index contributed by atoms with van der Waals surface area (Å²) in [4.78, 5) is 9.54. The molecular formula is C29H26Cl2N4OZr. The summed E-state index contributed by atoms with van der Waals surface area (Å²) in [5.74, 6) is 0. The van der Waals surface area contributed by atoms with Gasteiger partial charge in [-0.1, -0.05) is 103 Å². The number of benzene rings is 2. The molecule has 8 heteroatoms. The van der Waals surface area contributed by atoms with Crippen LogP contribution in [-0.4, -0.2) is 16.6 Å². The van der Waals surface area contributed by atoms with Gasteiger partial charge < -0.3 is 15.4 Å². The van der Waals surface area contributed by atoms with E-state index in [1.165, 1.54) is 11.1 Å². The van der Waals surface area contributed by atoms with Crippen LogP contribution < -0.4 is 0 Å². The normalized spacial score (nSPS) is 22.6. The summed E-state index contributed by atoms with van der Waals surface area (Å²) in [6.07, 6.45) is 5.33. The van der Waals surface area contributed by atoms with Crippen molar-refractivity contribution >= 4 is 17.0 Å². The number of hydrogen-bond acceptors (Lipinski definition) is 3. The van der Waals surface area contributed by atoms with E-state index in [0.29, 0.717) is 6.61 Å². The molecule has 0 spiro atoms. The van der Waals surface area contributed by atoms with E-state index < -0.39 is 20.8 Å². The van der Waals surface area contributed by atoms with E-state index in [2.05, 4.69) is 54.6 Å². The monoisotopic (exact) mass is 606 g/mol. The molecule has 0 N–H and O–H groups in total. The van der Waals surface area contributed by atoms with Gasteiger partial charge in [-0.2, -0.15) is 0 Å². The molecule has 4 unspecified atom stereocenters. The second-order valence-electron chi connectivity index (χ2n) is 8.88. The average Bonchev–Trinajstić information content (AvgIpc) is 3.66. The number of rotatable bonds is 5. The van der Waals surface area contributed by atoms with Crippen LogP contribution in [0, 0.1) is 0 Å². The average molecular weight is 609 g/mol. The number of nitrogens with zero attached hydrogens (tertiary/aromatic N) is 4. The minimum atomic E-state index is -0.826. The van der Waals surface area contributed by atoms with Crippen molar-refractivity contribution in [2.24, 2.45) is 0 Å². The third-order valence-corrected chi connectivity index (χ3v) is 6.70. The van der Waals surface area contributed by atoms with E-state index in [1.54, 1.807) is 0 Å². The fourth-order valence-electron chi connectivity index (χ4n) is 5.00. The molecule has 186 valence electrons. The van der Waals surface area contributed by atoms with E-state index in [0.717, 1.165) is 35.4 Å². The van der Waals surface area contributed by atoms with Gasteiger partial charge in [-0.15, -0.1) is 12.1 Å². The molecule has 37 heavy (non-hydrogen) atoms. The summed E-state index contributed by atoms with van der Waals surface area (Å²) in [6.45, 7) is 0.564. The molecule has 2 aliphatic rings. The number of pyridine rings is 2. The van der Waals surface area contributed by atoms with Gasteiger partial charge >= 0.3 is 37.9 Å². The van der Waals surface area contributed by atoms with E-state index in [-0.39, 0.29) is 24.4 Å². The Hall–Kier alpha value is -1.92. The maximum atomic E-state index is 6.15. The van der Waals surface area contributed by atoms with Crippen molar-refractivity contribution in [1.82, 2.24) is 9.97 Å². The van der Waals surface area contributed by atoms with Gasteiger partial charge in [-0.25, -0.2) is 0 Å². The van der Waals surface area contributed by atoms with Crippen LogP contribution >= 0.6 is 17.0 Å². The van der Waals surface area contributed by atoms with Crippen molar-refractivity contribution < 1.29 is 25.6 Å². The Morgan fingerprint density at radius 1 is 0.649 bits per heavy atom. The molecule has 5 nitrogen and oxygen atoms in total. The Morgan fingerprint density at radius 2 is 1.19 bits per heavy atom. The largest absolute Gasteiger partial charge is 0.649 e. The van der Waals surface area contributed by atoms with Gasteiger partial charge in [0.15, 0.2) is 0 Å². The molecule has 0 bridgehead atoms. The van der Waals surface area contributed by atoms with Gasteiger partial charge in [0.2, 0.25) is 0 Å². The first-order valence-corrected chi connectivity index (χ1v) is 18.6. The van der Waals surface area contributed by atoms with Gasteiger partial charge in [-0.05, 0) is 29.5 Å². The third kappa shape index (κ3) is 6.39. The first-order chi connectivity index (χ1) is 18.3. The quantitative estimate of drug-likeness (QED) is 0.228. The summed E-state index contributed by atoms with van der Waals surface area (Å²) < 4.78 is 6.15. The molecule has 4 heterocycles. The smallest absolute Gasteiger partial charge is 0.0928 e. The van der Waals surface area contributed by atoms with Gasteiger partial charge in [-0.3, -0.25) is 9.97 Å². The molecule has 0 amide bonds. The van der Waals surface area contributed by atoms with Crippen molar-refractivity contribution in [3.8, 4) is 11.4 Å². The van der Waals surface area contributed by atoms with Crippen LogP contribution in [0.2, 0.25) is 0 Å². The number of ether oxygens (including phenoxy) is 1. The van der Waals surface area contributed by atoms with Crippen LogP contribution in [0.15, 0.2) is 97.3 Å². The van der Waals surface area contributed by atoms with E-state index in [4.69, 9.17) is 42.4 Å². The van der Waals surface area contributed by atoms with E-state index in [1.807, 2.05) is 42.7 Å². The molecule has 0 aliphatic carbocycles. The number of aromatic nitrogens is 2. The molecule has 0 saturated carbocycles. The molecule has 6 rings (SSSR count). The third-order valence-electron chi connectivity index (χ3n) is 6.70. The van der Waals surface area contributed by atoms with Crippen molar-refractivity contribution in [3.05, 3.63) is 130 Å². The van der Waals surface area contributed by atoms with Gasteiger partial charge in [0, 0.05) is 19.0 Å². The molecule has 2 aromatic carbocycles. The summed E-state index contributed by atoms with van der Waals surface area (Å²) in [5, 5.41) is 10.2. The Bertz CT molecular complexity index is 1180. The molecule has 4 atom stereocenters. The molecule has 0 radical (unpaired) electrons. The maximum absolute atomic E-state index is 6.15. The topological polar surface area (TPSA) is 63.2 Å². The fourth-order valence-corrected chi connectivity index (χ4v) is 5.00. The Kier molecular flexibility index (Phi) is 9.55.